The number of carboxylic acids is 1. The number of rotatable bonds is 8. The van der Waals surface area contributed by atoms with Crippen molar-refractivity contribution >= 4 is 23.4 Å². The first-order valence-corrected chi connectivity index (χ1v) is 17.8. The highest BCUT2D eigenvalue weighted by Gasteiger charge is 2.68. The number of nitrogens with zero attached hydrogens (tertiary/aromatic N) is 2. The summed E-state index contributed by atoms with van der Waals surface area (Å²) in [7, 11) is 0. The Balaban J connectivity index is 1.08. The smallest absolute Gasteiger partial charge is 0.434 e. The molecule has 5 unspecified atom stereocenters. The first kappa shape index (κ1) is 32.8. The van der Waals surface area contributed by atoms with E-state index in [-0.39, 0.29) is 34.9 Å². The number of benzene rings is 1. The highest BCUT2D eigenvalue weighted by Crippen LogP contribution is 2.70. The molecule has 2 bridgehead atoms. The predicted molar refractivity (Wildman–Crippen MR) is 173 cm³/mol. The van der Waals surface area contributed by atoms with Crippen molar-refractivity contribution in [3.05, 3.63) is 47.2 Å². The van der Waals surface area contributed by atoms with Gasteiger partial charge in [0.1, 0.15) is 17.1 Å². The molecule has 0 radical (unpaired) electrons. The number of carbonyl (C=O) groups is 2. The van der Waals surface area contributed by atoms with E-state index in [1.165, 1.54) is 6.07 Å². The Morgan fingerprint density at radius 2 is 1.76 bits per heavy atom. The summed E-state index contributed by atoms with van der Waals surface area (Å²) in [5.41, 5.74) is -2.12. The molecule has 2 N–H and O–H groups in total. The van der Waals surface area contributed by atoms with E-state index in [1.807, 2.05) is 18.2 Å². The number of pyridine rings is 1. The molecule has 1 aromatic heterocycles. The molecular weight excluding hydrogens is 639 g/mol. The van der Waals surface area contributed by atoms with Crippen molar-refractivity contribution in [2.24, 2.45) is 29.1 Å². The maximum absolute atomic E-state index is 14.7. The van der Waals surface area contributed by atoms with Crippen molar-refractivity contribution in [1.82, 2.24) is 10.3 Å². The van der Waals surface area contributed by atoms with E-state index in [2.05, 4.69) is 17.2 Å². The molecule has 5 atom stereocenters. The van der Waals surface area contributed by atoms with E-state index in [9.17, 15) is 27.9 Å². The molecule has 1 aromatic carbocycles. The summed E-state index contributed by atoms with van der Waals surface area (Å²) in [5, 5.41) is 13.0. The van der Waals surface area contributed by atoms with Gasteiger partial charge in [-0.1, -0.05) is 6.92 Å². The van der Waals surface area contributed by atoms with Gasteiger partial charge >= 0.3 is 12.1 Å². The summed E-state index contributed by atoms with van der Waals surface area (Å²) in [4.78, 5) is 32.4. The third kappa shape index (κ3) is 5.39. The number of halogens is 3. The highest BCUT2D eigenvalue weighted by molar-refractivity contribution is 5.99. The zero-order valence-electron chi connectivity index (χ0n) is 27.8. The Labute approximate surface area is 283 Å². The SMILES string of the molecule is CC12CC3CC1CC2CC3(NC(=O)c1ccc(N2CC3(CCOCC3)c3cc(OCCC4CCOCC4)ccc32)nc1C(F)(F)F)C(=O)O. The Kier molecular flexibility index (Phi) is 7.94. The topological polar surface area (TPSA) is 110 Å². The van der Waals surface area contributed by atoms with E-state index in [0.717, 1.165) is 62.0 Å². The predicted octanol–water partition coefficient (Wildman–Crippen LogP) is 6.51. The first-order valence-electron chi connectivity index (χ1n) is 17.8. The lowest BCUT2D eigenvalue weighted by molar-refractivity contribution is -0.152. The van der Waals surface area contributed by atoms with Crippen LogP contribution in [0.25, 0.3) is 0 Å². The van der Waals surface area contributed by atoms with Gasteiger partial charge in [0.05, 0.1) is 12.2 Å². The number of carbonyl (C=O) groups excluding carboxylic acids is 1. The van der Waals surface area contributed by atoms with Crippen LogP contribution in [0.15, 0.2) is 30.3 Å². The van der Waals surface area contributed by atoms with Crippen molar-refractivity contribution in [1.29, 1.82) is 0 Å². The lowest BCUT2D eigenvalue weighted by Gasteiger charge is -2.55. The van der Waals surface area contributed by atoms with Gasteiger partial charge in [-0.05, 0) is 123 Å². The minimum atomic E-state index is -4.94. The van der Waals surface area contributed by atoms with Crippen LogP contribution in [0.3, 0.4) is 0 Å². The second-order valence-electron chi connectivity index (χ2n) is 15.6. The zero-order chi connectivity index (χ0) is 34.2. The number of ether oxygens (including phenoxy) is 3. The third-order valence-electron chi connectivity index (χ3n) is 13.2. The second-order valence-corrected chi connectivity index (χ2v) is 15.6. The molecule has 1 spiro atoms. The summed E-state index contributed by atoms with van der Waals surface area (Å²) >= 11 is 0. The molecule has 2 aromatic rings. The Bertz CT molecular complexity index is 1640. The fourth-order valence-electron chi connectivity index (χ4n) is 10.2. The van der Waals surface area contributed by atoms with E-state index < -0.39 is 34.8 Å². The largest absolute Gasteiger partial charge is 0.494 e. The van der Waals surface area contributed by atoms with Gasteiger partial charge in [0, 0.05) is 44.1 Å². The minimum absolute atomic E-state index is 0.0557. The molecule has 8 rings (SSSR count). The quantitative estimate of drug-likeness (QED) is 0.325. The van der Waals surface area contributed by atoms with Crippen molar-refractivity contribution in [2.45, 2.75) is 81.8 Å². The van der Waals surface area contributed by atoms with Crippen LogP contribution in [0.1, 0.15) is 86.3 Å². The Morgan fingerprint density at radius 3 is 2.49 bits per heavy atom. The van der Waals surface area contributed by atoms with Gasteiger partial charge in [0.25, 0.3) is 5.91 Å². The van der Waals surface area contributed by atoms with Crippen LogP contribution in [0.2, 0.25) is 0 Å². The number of hydrogen-bond donors (Lipinski definition) is 2. The fraction of sp³-hybridized carbons (Fsp3) is 0.649. The molecule has 3 saturated carbocycles. The summed E-state index contributed by atoms with van der Waals surface area (Å²) < 4.78 is 61.5. The van der Waals surface area contributed by atoms with Gasteiger partial charge in [-0.15, -0.1) is 0 Å². The van der Waals surface area contributed by atoms with Crippen LogP contribution in [-0.4, -0.2) is 67.1 Å². The monoisotopic (exact) mass is 683 g/mol. The fourth-order valence-corrected chi connectivity index (χ4v) is 10.2. The molecule has 3 aliphatic heterocycles. The van der Waals surface area contributed by atoms with Gasteiger partial charge in [-0.25, -0.2) is 9.78 Å². The van der Waals surface area contributed by atoms with E-state index >= 15 is 0 Å². The Morgan fingerprint density at radius 1 is 1.02 bits per heavy atom. The molecule has 6 aliphatic rings. The van der Waals surface area contributed by atoms with Crippen LogP contribution in [0.5, 0.6) is 5.75 Å². The van der Waals surface area contributed by atoms with E-state index in [4.69, 9.17) is 14.2 Å². The molecule has 12 heteroatoms. The molecular formula is C37H44F3N3O6. The number of alkyl halides is 3. The van der Waals surface area contributed by atoms with Crippen molar-refractivity contribution in [3.8, 4) is 5.75 Å². The number of fused-ring (bicyclic) bond motifs is 3. The average molecular weight is 684 g/mol. The van der Waals surface area contributed by atoms with Gasteiger partial charge in [0.15, 0.2) is 5.69 Å². The number of carboxylic acid groups (broad SMARTS) is 1. The van der Waals surface area contributed by atoms with Gasteiger partial charge in [0.2, 0.25) is 0 Å². The lowest BCUT2D eigenvalue weighted by Crippen LogP contribution is -2.63. The summed E-state index contributed by atoms with van der Waals surface area (Å²) in [5.74, 6) is -0.648. The number of anilines is 2. The number of nitrogens with one attached hydrogen (secondary N) is 1. The number of aliphatic carboxylic acids is 1. The van der Waals surface area contributed by atoms with Crippen LogP contribution in [0, 0.1) is 29.1 Å². The average Bonchev–Trinajstić information content (AvgIpc) is 3.41. The molecule has 3 aliphatic carbocycles. The van der Waals surface area contributed by atoms with Gasteiger partial charge in [-0.3, -0.25) is 4.79 Å². The van der Waals surface area contributed by atoms with Crippen LogP contribution >= 0.6 is 0 Å². The molecule has 4 heterocycles. The molecule has 9 nitrogen and oxygen atoms in total. The third-order valence-corrected chi connectivity index (χ3v) is 13.2. The Hall–Kier alpha value is -3.38. The molecule has 49 heavy (non-hydrogen) atoms. The van der Waals surface area contributed by atoms with E-state index in [0.29, 0.717) is 63.9 Å². The zero-order valence-corrected chi connectivity index (χ0v) is 27.8. The van der Waals surface area contributed by atoms with E-state index in [1.54, 1.807) is 4.90 Å². The molecule has 5 fully saturated rings. The summed E-state index contributed by atoms with van der Waals surface area (Å²) in [6.07, 6.45) is 1.90. The van der Waals surface area contributed by atoms with Crippen LogP contribution in [0.4, 0.5) is 24.7 Å². The highest BCUT2D eigenvalue weighted by atomic mass is 19.4. The normalized spacial score (nSPS) is 31.7. The van der Waals surface area contributed by atoms with Crippen molar-refractivity contribution in [3.63, 3.8) is 0 Å². The maximum Gasteiger partial charge on any atom is 0.434 e. The van der Waals surface area contributed by atoms with Crippen LogP contribution in [-0.2, 0) is 25.9 Å². The van der Waals surface area contributed by atoms with Crippen molar-refractivity contribution < 1.29 is 42.1 Å². The lowest BCUT2D eigenvalue weighted by atomic mass is 9.50. The second kappa shape index (κ2) is 11.9. The summed E-state index contributed by atoms with van der Waals surface area (Å²) in [6.45, 7) is 5.80. The number of aromatic nitrogens is 1. The number of amides is 1. The first-order chi connectivity index (χ1) is 23.4. The molecule has 1 amide bonds. The summed E-state index contributed by atoms with van der Waals surface area (Å²) in [6, 6.07) is 8.36. The molecule has 2 saturated heterocycles. The standard InChI is InChI=1S/C37H44F3N3O6/c1-34-19-25-17-23(34)16-24(34)20-36(25,33(45)46)42-32(44)27-3-5-30(41-31(27)37(38,39)40)43-21-35(9-14-48-15-10-35)28-18-26(2-4-29(28)43)49-13-8-22-6-11-47-12-7-22/h2-5,18,22-25H,6-17,19-21H2,1H3,(H,42,44)(H,45,46). The van der Waals surface area contributed by atoms with Crippen molar-refractivity contribution in [2.75, 3.05) is 44.5 Å². The molecule has 264 valence electrons. The van der Waals surface area contributed by atoms with Crippen LogP contribution < -0.4 is 15.0 Å². The van der Waals surface area contributed by atoms with Gasteiger partial charge < -0.3 is 29.5 Å². The maximum atomic E-state index is 14.7. The van der Waals surface area contributed by atoms with Gasteiger partial charge in [-0.2, -0.15) is 13.2 Å². The number of hydrogen-bond acceptors (Lipinski definition) is 7. The minimum Gasteiger partial charge on any atom is -0.494 e.